The molecule has 11 heteroatoms. The minimum absolute atomic E-state index is 0.0403. The van der Waals surface area contributed by atoms with Crippen LogP contribution in [0.5, 0.6) is 11.5 Å². The summed E-state index contributed by atoms with van der Waals surface area (Å²) in [7, 11) is -2.31. The second-order valence-corrected chi connectivity index (χ2v) is 10.9. The van der Waals surface area contributed by atoms with Gasteiger partial charge in [-0.2, -0.15) is 13.2 Å². The van der Waals surface area contributed by atoms with E-state index in [1.165, 1.54) is 30.3 Å². The molecule has 0 radical (unpaired) electrons. The van der Waals surface area contributed by atoms with Crippen molar-refractivity contribution in [3.05, 3.63) is 53.6 Å². The van der Waals surface area contributed by atoms with Crippen molar-refractivity contribution < 1.29 is 40.3 Å². The van der Waals surface area contributed by atoms with E-state index in [9.17, 15) is 26.4 Å². The van der Waals surface area contributed by atoms with Gasteiger partial charge in [-0.25, -0.2) is 18.4 Å². The second kappa shape index (κ2) is 9.44. The van der Waals surface area contributed by atoms with Crippen LogP contribution in [0, 0.1) is 0 Å². The maximum Gasteiger partial charge on any atom is 0.416 e. The van der Waals surface area contributed by atoms with Crippen molar-refractivity contribution in [1.29, 1.82) is 0 Å². The van der Waals surface area contributed by atoms with Crippen molar-refractivity contribution in [1.82, 2.24) is 0 Å². The number of hydrogen-bond donors (Lipinski definition) is 1. The maximum atomic E-state index is 13.7. The van der Waals surface area contributed by atoms with Gasteiger partial charge in [0.1, 0.15) is 23.6 Å². The first kappa shape index (κ1) is 25.5. The summed E-state index contributed by atoms with van der Waals surface area (Å²) in [4.78, 5) is 13.5. The van der Waals surface area contributed by atoms with E-state index in [2.05, 4.69) is 0 Å². The molecule has 0 aromatic heterocycles. The van der Waals surface area contributed by atoms with Gasteiger partial charge in [-0.05, 0) is 68.1 Å². The van der Waals surface area contributed by atoms with Crippen LogP contribution in [0.4, 0.5) is 13.2 Å². The SMILES string of the molecule is C[N+]1(C(=O)c2cc(S(N)(=O)=O)ccc2OC2CCCC2)CCC(Oc2ccc(C(F)(F)F)cc2)C1. The molecule has 1 saturated carbocycles. The molecule has 1 amide bonds. The van der Waals surface area contributed by atoms with Gasteiger partial charge in [-0.3, -0.25) is 4.48 Å². The molecule has 0 spiro atoms. The van der Waals surface area contributed by atoms with Crippen LogP contribution in [-0.2, 0) is 16.2 Å². The molecule has 2 aliphatic rings. The summed E-state index contributed by atoms with van der Waals surface area (Å²) >= 11 is 0. The molecule has 2 unspecified atom stereocenters. The minimum atomic E-state index is -4.43. The number of nitrogens with two attached hydrogens (primary N) is 1. The lowest BCUT2D eigenvalue weighted by Gasteiger charge is -2.28. The van der Waals surface area contributed by atoms with E-state index in [1.807, 2.05) is 0 Å². The van der Waals surface area contributed by atoms with E-state index in [0.29, 0.717) is 18.7 Å². The van der Waals surface area contributed by atoms with Crippen molar-refractivity contribution in [2.75, 3.05) is 20.1 Å². The third-order valence-electron chi connectivity index (χ3n) is 6.63. The van der Waals surface area contributed by atoms with E-state index in [1.54, 1.807) is 7.05 Å². The summed E-state index contributed by atoms with van der Waals surface area (Å²) in [5.41, 5.74) is -0.627. The van der Waals surface area contributed by atoms with Gasteiger partial charge in [-0.15, -0.1) is 0 Å². The number of halogens is 3. The number of rotatable bonds is 6. The third kappa shape index (κ3) is 5.79. The summed E-state index contributed by atoms with van der Waals surface area (Å²) in [5.74, 6) is 0.271. The number of primary sulfonamides is 1. The molecule has 2 N–H and O–H groups in total. The summed E-state index contributed by atoms with van der Waals surface area (Å²) in [6.45, 7) is 0.676. The largest absolute Gasteiger partial charge is 0.489 e. The first-order valence-corrected chi connectivity index (χ1v) is 13.0. The predicted molar refractivity (Wildman–Crippen MR) is 121 cm³/mol. The Hall–Kier alpha value is -2.63. The smallest absolute Gasteiger partial charge is 0.416 e. The summed E-state index contributed by atoms with van der Waals surface area (Å²) in [5, 5.41) is 5.30. The summed E-state index contributed by atoms with van der Waals surface area (Å²) in [6.07, 6.45) is -0.601. The molecule has 1 saturated heterocycles. The number of carbonyl (C=O) groups is 1. The van der Waals surface area contributed by atoms with Gasteiger partial charge >= 0.3 is 12.1 Å². The van der Waals surface area contributed by atoms with Gasteiger partial charge in [0.2, 0.25) is 10.0 Å². The van der Waals surface area contributed by atoms with Crippen LogP contribution < -0.4 is 14.6 Å². The number of benzene rings is 2. The molecule has 1 heterocycles. The topological polar surface area (TPSA) is 95.7 Å². The van der Waals surface area contributed by atoms with E-state index < -0.39 is 27.9 Å². The summed E-state index contributed by atoms with van der Waals surface area (Å²) in [6, 6.07) is 8.49. The zero-order valence-electron chi connectivity index (χ0n) is 19.3. The van der Waals surface area contributed by atoms with E-state index in [0.717, 1.165) is 37.8 Å². The molecule has 190 valence electrons. The molecule has 2 aromatic rings. The number of carbonyl (C=O) groups excluding carboxylic acids is 1. The standard InChI is InChI=1S/C24H28F3N2O5S/c1-29(13-12-19(15-29)33-18-8-6-16(7-9-18)24(25,26)27)23(30)21-14-20(35(28,31)32)10-11-22(21)34-17-4-2-3-5-17/h6-11,14,17,19H,2-5,12-13,15H2,1H3,(H2,28,31,32)/q+1. The molecule has 1 aliphatic heterocycles. The highest BCUT2D eigenvalue weighted by molar-refractivity contribution is 7.89. The van der Waals surface area contributed by atoms with Crippen LogP contribution in [0.1, 0.15) is 48.0 Å². The van der Waals surface area contributed by atoms with Gasteiger partial charge in [0, 0.05) is 6.42 Å². The van der Waals surface area contributed by atoms with Crippen molar-refractivity contribution in [3.8, 4) is 11.5 Å². The van der Waals surface area contributed by atoms with E-state index >= 15 is 0 Å². The maximum absolute atomic E-state index is 13.7. The zero-order chi connectivity index (χ0) is 25.4. The van der Waals surface area contributed by atoms with Crippen LogP contribution in [0.2, 0.25) is 0 Å². The number of quaternary nitrogens is 1. The lowest BCUT2D eigenvalue weighted by Crippen LogP contribution is -2.48. The lowest BCUT2D eigenvalue weighted by molar-refractivity contribution is -0.816. The Kier molecular flexibility index (Phi) is 6.87. The van der Waals surface area contributed by atoms with Crippen molar-refractivity contribution >= 4 is 15.9 Å². The Morgan fingerprint density at radius 2 is 1.66 bits per heavy atom. The van der Waals surface area contributed by atoms with Crippen LogP contribution in [-0.4, -0.2) is 51.2 Å². The fourth-order valence-electron chi connectivity index (χ4n) is 4.69. The second-order valence-electron chi connectivity index (χ2n) is 9.39. The highest BCUT2D eigenvalue weighted by Crippen LogP contribution is 2.34. The van der Waals surface area contributed by atoms with Crippen molar-refractivity contribution in [2.45, 2.75) is 55.4 Å². The van der Waals surface area contributed by atoms with Crippen LogP contribution in [0.3, 0.4) is 0 Å². The number of alkyl halides is 3. The third-order valence-corrected chi connectivity index (χ3v) is 7.54. The fourth-order valence-corrected chi connectivity index (χ4v) is 5.23. The van der Waals surface area contributed by atoms with Crippen molar-refractivity contribution in [3.63, 3.8) is 0 Å². The van der Waals surface area contributed by atoms with Gasteiger partial charge in [0.15, 0.2) is 6.10 Å². The average Bonchev–Trinajstić information content (AvgIpc) is 3.43. The molecule has 1 aliphatic carbocycles. The van der Waals surface area contributed by atoms with E-state index in [4.69, 9.17) is 14.6 Å². The van der Waals surface area contributed by atoms with Crippen LogP contribution in [0.15, 0.2) is 47.4 Å². The molecule has 2 aromatic carbocycles. The van der Waals surface area contributed by atoms with Gasteiger partial charge < -0.3 is 9.47 Å². The Balaban J connectivity index is 1.54. The van der Waals surface area contributed by atoms with Gasteiger partial charge in [0.05, 0.1) is 30.2 Å². The number of nitrogens with zero attached hydrogens (tertiary/aromatic N) is 1. The van der Waals surface area contributed by atoms with Gasteiger partial charge in [-0.1, -0.05) is 0 Å². The van der Waals surface area contributed by atoms with Crippen LogP contribution in [0.25, 0.3) is 0 Å². The molecular formula is C24H28F3N2O5S+. The Morgan fingerprint density at radius 3 is 2.26 bits per heavy atom. The highest BCUT2D eigenvalue weighted by Gasteiger charge is 2.44. The number of ether oxygens (including phenoxy) is 2. The molecule has 35 heavy (non-hydrogen) atoms. The molecule has 4 rings (SSSR count). The Bertz CT molecular complexity index is 1190. The number of likely N-dealkylation sites (tertiary alicyclic amines) is 1. The number of hydrogen-bond acceptors (Lipinski definition) is 5. The van der Waals surface area contributed by atoms with E-state index in [-0.39, 0.29) is 39.2 Å². The molecule has 2 atom stereocenters. The molecule has 2 fully saturated rings. The molecule has 7 nitrogen and oxygen atoms in total. The lowest BCUT2D eigenvalue weighted by atomic mass is 10.1. The first-order chi connectivity index (χ1) is 16.3. The Morgan fingerprint density at radius 1 is 1.00 bits per heavy atom. The number of sulfonamides is 1. The van der Waals surface area contributed by atoms with Gasteiger partial charge in [0.25, 0.3) is 0 Å². The highest BCUT2D eigenvalue weighted by atomic mass is 32.2. The summed E-state index contributed by atoms with van der Waals surface area (Å²) < 4.78 is 74.1. The minimum Gasteiger partial charge on any atom is -0.489 e. The number of amides is 1. The van der Waals surface area contributed by atoms with Crippen molar-refractivity contribution in [2.24, 2.45) is 5.14 Å². The zero-order valence-corrected chi connectivity index (χ0v) is 20.1. The first-order valence-electron chi connectivity index (χ1n) is 11.4. The predicted octanol–water partition coefficient (Wildman–Crippen LogP) is 4.11. The average molecular weight is 514 g/mol. The monoisotopic (exact) mass is 513 g/mol. The Labute approximate surface area is 202 Å². The van der Waals surface area contributed by atoms with Crippen LogP contribution >= 0.6 is 0 Å². The quantitative estimate of drug-likeness (QED) is 0.587. The molecular weight excluding hydrogens is 485 g/mol. The number of likely N-dealkylation sites (N-methyl/N-ethyl adjacent to an activating group) is 1. The molecule has 0 bridgehead atoms. The normalized spacial score (nSPS) is 23.4. The fraction of sp³-hybridized carbons (Fsp3) is 0.458.